The highest BCUT2D eigenvalue weighted by Gasteiger charge is 2.45. The summed E-state index contributed by atoms with van der Waals surface area (Å²) in [4.78, 5) is 56.3. The van der Waals surface area contributed by atoms with Crippen LogP contribution in [0.15, 0.2) is 29.6 Å². The molecule has 4 amide bonds. The number of methoxy groups -OCH3 is 1. The summed E-state index contributed by atoms with van der Waals surface area (Å²) in [5.74, 6) is -1.84. The predicted molar refractivity (Wildman–Crippen MR) is 126 cm³/mol. The topological polar surface area (TPSA) is 118 Å². The molecule has 0 spiro atoms. The van der Waals surface area contributed by atoms with E-state index in [0.29, 0.717) is 12.0 Å². The van der Waals surface area contributed by atoms with Gasteiger partial charge in [-0.1, -0.05) is 44.2 Å². The van der Waals surface area contributed by atoms with Gasteiger partial charge in [-0.15, -0.1) is 11.3 Å². The lowest BCUT2D eigenvalue weighted by molar-refractivity contribution is -0.134. The summed E-state index contributed by atoms with van der Waals surface area (Å²) in [5.41, 5.74) is 0.754. The van der Waals surface area contributed by atoms with Crippen molar-refractivity contribution in [3.05, 3.63) is 46.7 Å². The number of imide groups is 1. The van der Waals surface area contributed by atoms with Gasteiger partial charge in [-0.05, 0) is 30.0 Å². The number of anilines is 1. The Morgan fingerprint density at radius 1 is 1.23 bits per heavy atom. The second-order valence-corrected chi connectivity index (χ2v) is 9.67. The zero-order chi connectivity index (χ0) is 24.9. The number of aromatic nitrogens is 1. The van der Waals surface area contributed by atoms with Crippen molar-refractivity contribution in [3.63, 3.8) is 0 Å². The fourth-order valence-electron chi connectivity index (χ4n) is 4.62. The second-order valence-electron chi connectivity index (χ2n) is 8.82. The Kier molecular flexibility index (Phi) is 7.74. The molecule has 2 fully saturated rings. The first-order valence-corrected chi connectivity index (χ1v) is 12.5. The van der Waals surface area contributed by atoms with Crippen LogP contribution in [0.4, 0.5) is 14.3 Å². The van der Waals surface area contributed by atoms with Crippen LogP contribution in [-0.2, 0) is 20.7 Å². The van der Waals surface area contributed by atoms with Crippen molar-refractivity contribution in [1.82, 2.24) is 15.2 Å². The van der Waals surface area contributed by atoms with Gasteiger partial charge in [-0.2, -0.15) is 0 Å². The number of amides is 4. The highest BCUT2D eigenvalue weighted by Crippen LogP contribution is 2.30. The fourth-order valence-corrected chi connectivity index (χ4v) is 5.31. The minimum Gasteiger partial charge on any atom is -0.464 e. The number of halogens is 1. The molecule has 35 heavy (non-hydrogen) atoms. The van der Waals surface area contributed by atoms with Crippen LogP contribution in [-0.4, -0.2) is 52.9 Å². The van der Waals surface area contributed by atoms with Crippen molar-refractivity contribution in [2.75, 3.05) is 12.4 Å². The highest BCUT2D eigenvalue weighted by atomic mass is 32.1. The number of nitrogens with one attached hydrogen (secondary N) is 2. The van der Waals surface area contributed by atoms with E-state index in [4.69, 9.17) is 0 Å². The van der Waals surface area contributed by atoms with E-state index in [1.807, 2.05) is 0 Å². The van der Waals surface area contributed by atoms with E-state index < -0.39 is 35.9 Å². The van der Waals surface area contributed by atoms with Crippen LogP contribution < -0.4 is 10.6 Å². The largest absolute Gasteiger partial charge is 0.464 e. The first-order valence-electron chi connectivity index (χ1n) is 11.6. The number of urea groups is 1. The molecule has 186 valence electrons. The maximum Gasteiger partial charge on any atom is 0.357 e. The molecule has 2 aromatic rings. The van der Waals surface area contributed by atoms with Crippen molar-refractivity contribution in [3.8, 4) is 0 Å². The molecule has 1 saturated heterocycles. The van der Waals surface area contributed by atoms with Gasteiger partial charge in [0.15, 0.2) is 10.8 Å². The first-order chi connectivity index (χ1) is 16.9. The smallest absolute Gasteiger partial charge is 0.357 e. The molecule has 2 N–H and O–H groups in total. The molecule has 1 aromatic heterocycles. The Balaban J connectivity index is 1.52. The average Bonchev–Trinajstić information content (AvgIpc) is 3.43. The number of hydrogen-bond acceptors (Lipinski definition) is 7. The molecule has 1 aliphatic heterocycles. The van der Waals surface area contributed by atoms with Gasteiger partial charge in [-0.25, -0.2) is 23.9 Å². The third-order valence-corrected chi connectivity index (χ3v) is 7.19. The van der Waals surface area contributed by atoms with Crippen molar-refractivity contribution >= 4 is 40.3 Å². The molecule has 1 aromatic carbocycles. The van der Waals surface area contributed by atoms with Gasteiger partial charge in [-0.3, -0.25) is 9.59 Å². The summed E-state index contributed by atoms with van der Waals surface area (Å²) in [7, 11) is 1.24. The minimum absolute atomic E-state index is 0.0611. The normalized spacial score (nSPS) is 19.4. The van der Waals surface area contributed by atoms with Crippen LogP contribution in [0, 0.1) is 11.7 Å². The molecule has 4 rings (SSSR count). The van der Waals surface area contributed by atoms with E-state index in [9.17, 15) is 23.6 Å². The molecule has 2 heterocycles. The molecular formula is C24H27FN4O5S. The molecular weight excluding hydrogens is 475 g/mol. The second kappa shape index (κ2) is 10.9. The Morgan fingerprint density at radius 2 is 1.94 bits per heavy atom. The lowest BCUT2D eigenvalue weighted by Gasteiger charge is -2.30. The molecule has 2 atom stereocenters. The van der Waals surface area contributed by atoms with E-state index in [0.717, 1.165) is 48.3 Å². The van der Waals surface area contributed by atoms with Gasteiger partial charge in [0.05, 0.1) is 7.11 Å². The number of thiazole rings is 1. The van der Waals surface area contributed by atoms with E-state index in [1.54, 1.807) is 12.1 Å². The highest BCUT2D eigenvalue weighted by molar-refractivity contribution is 7.14. The van der Waals surface area contributed by atoms with Crippen molar-refractivity contribution in [2.45, 2.75) is 57.0 Å². The zero-order valence-electron chi connectivity index (χ0n) is 19.3. The van der Waals surface area contributed by atoms with Crippen LogP contribution in [0.3, 0.4) is 0 Å². The van der Waals surface area contributed by atoms with Gasteiger partial charge < -0.3 is 15.4 Å². The van der Waals surface area contributed by atoms with Crippen LogP contribution in [0.1, 0.15) is 54.6 Å². The third-order valence-electron chi connectivity index (χ3n) is 6.43. The molecule has 0 unspecified atom stereocenters. The van der Waals surface area contributed by atoms with Crippen molar-refractivity contribution < 1.29 is 28.3 Å². The first kappa shape index (κ1) is 24.8. The third kappa shape index (κ3) is 5.84. The maximum absolute atomic E-state index is 13.3. The maximum atomic E-state index is 13.3. The Bertz CT molecular complexity index is 1100. The Hall–Kier alpha value is -3.34. The van der Waals surface area contributed by atoms with Gasteiger partial charge >= 0.3 is 12.0 Å². The summed E-state index contributed by atoms with van der Waals surface area (Å²) in [6.45, 7) is 0. The number of benzene rings is 1. The van der Waals surface area contributed by atoms with Crippen LogP contribution in [0.5, 0.6) is 0 Å². The molecule has 11 heteroatoms. The Labute approximate surface area is 206 Å². The summed E-state index contributed by atoms with van der Waals surface area (Å²) in [6.07, 6.45) is 5.61. The van der Waals surface area contributed by atoms with Gasteiger partial charge in [0.1, 0.15) is 17.9 Å². The molecule has 1 saturated carbocycles. The standard InChI is InChI=1S/C24H27FN4O5S/c1-34-22(32)18-13-35-23(26-18)28-20(30)19(12-14-5-3-2-4-6-14)29-21(31)17(27-24(29)33)11-15-7-9-16(25)10-8-15/h7-10,13-14,17,19H,2-6,11-12H2,1H3,(H,27,33)(H,26,28,30)/t17-,19-/m0/s1. The summed E-state index contributed by atoms with van der Waals surface area (Å²) in [6, 6.07) is 3.21. The zero-order valence-corrected chi connectivity index (χ0v) is 20.1. The van der Waals surface area contributed by atoms with Crippen LogP contribution in [0.25, 0.3) is 0 Å². The van der Waals surface area contributed by atoms with Crippen LogP contribution in [0.2, 0.25) is 0 Å². The van der Waals surface area contributed by atoms with E-state index in [1.165, 1.54) is 24.6 Å². The number of carbonyl (C=O) groups is 4. The summed E-state index contributed by atoms with van der Waals surface area (Å²) in [5, 5.41) is 6.98. The SMILES string of the molecule is COC(=O)c1csc(NC(=O)[C@H](CC2CCCCC2)N2C(=O)N[C@@H](Cc3ccc(F)cc3)C2=O)n1. The summed E-state index contributed by atoms with van der Waals surface area (Å²) >= 11 is 1.05. The molecule has 2 aliphatic rings. The molecule has 0 radical (unpaired) electrons. The molecule has 0 bridgehead atoms. The van der Waals surface area contributed by atoms with Crippen LogP contribution >= 0.6 is 11.3 Å². The van der Waals surface area contributed by atoms with Gasteiger partial charge in [0.25, 0.3) is 5.91 Å². The average molecular weight is 503 g/mol. The minimum atomic E-state index is -1.02. The molecule has 1 aliphatic carbocycles. The van der Waals surface area contributed by atoms with Gasteiger partial charge in [0, 0.05) is 11.8 Å². The van der Waals surface area contributed by atoms with E-state index in [-0.39, 0.29) is 29.0 Å². The Morgan fingerprint density at radius 3 is 2.63 bits per heavy atom. The number of rotatable bonds is 8. The summed E-state index contributed by atoms with van der Waals surface area (Å²) < 4.78 is 17.9. The van der Waals surface area contributed by atoms with E-state index in [2.05, 4.69) is 20.4 Å². The number of carbonyl (C=O) groups excluding carboxylic acids is 4. The van der Waals surface area contributed by atoms with E-state index >= 15 is 0 Å². The monoisotopic (exact) mass is 502 g/mol. The van der Waals surface area contributed by atoms with Crippen molar-refractivity contribution in [1.29, 1.82) is 0 Å². The number of esters is 1. The quantitative estimate of drug-likeness (QED) is 0.421. The van der Waals surface area contributed by atoms with Crippen molar-refractivity contribution in [2.24, 2.45) is 5.92 Å². The lowest BCUT2D eigenvalue weighted by atomic mass is 9.84. The molecule has 9 nitrogen and oxygen atoms in total. The number of hydrogen-bond donors (Lipinski definition) is 2. The lowest BCUT2D eigenvalue weighted by Crippen LogP contribution is -2.49. The van der Waals surface area contributed by atoms with Gasteiger partial charge in [0.2, 0.25) is 5.91 Å². The fraction of sp³-hybridized carbons (Fsp3) is 0.458. The number of ether oxygens (including phenoxy) is 1. The number of nitrogens with zero attached hydrogens (tertiary/aromatic N) is 2. The predicted octanol–water partition coefficient (Wildman–Crippen LogP) is 3.51.